The number of carbonyl (C=O) groups excluding carboxylic acids is 1. The van der Waals surface area contributed by atoms with Crippen LogP contribution in [-0.4, -0.2) is 30.9 Å². The molecule has 1 aromatic heterocycles. The van der Waals surface area contributed by atoms with Crippen LogP contribution in [0.1, 0.15) is 43.0 Å². The lowest BCUT2D eigenvalue weighted by Gasteiger charge is -2.37. The topological polar surface area (TPSA) is 32.3 Å². The van der Waals surface area contributed by atoms with Gasteiger partial charge in [0.15, 0.2) is 0 Å². The number of carbonyl (C=O) groups is 1. The molecule has 0 radical (unpaired) electrons. The van der Waals surface area contributed by atoms with Gasteiger partial charge in [0.2, 0.25) is 5.91 Å². The predicted octanol–water partition coefficient (Wildman–Crippen LogP) is 3.21. The molecule has 2 atom stereocenters. The van der Waals surface area contributed by atoms with E-state index in [1.165, 1.54) is 9.75 Å². The lowest BCUT2D eigenvalue weighted by molar-refractivity contribution is -0.144. The molecule has 4 heteroatoms. The monoisotopic (exact) mass is 294 g/mol. The van der Waals surface area contributed by atoms with Crippen molar-refractivity contribution in [3.8, 4) is 0 Å². The van der Waals surface area contributed by atoms with Crippen molar-refractivity contribution in [1.82, 2.24) is 10.2 Å². The van der Waals surface area contributed by atoms with Crippen LogP contribution in [0.25, 0.3) is 0 Å². The normalized spacial score (nSPS) is 24.1. The third kappa shape index (κ3) is 2.63. The summed E-state index contributed by atoms with van der Waals surface area (Å²) in [5.74, 6) is 0.653. The highest BCUT2D eigenvalue weighted by Gasteiger charge is 2.46. The van der Waals surface area contributed by atoms with Gasteiger partial charge in [-0.1, -0.05) is 13.8 Å². The maximum absolute atomic E-state index is 13.0. The van der Waals surface area contributed by atoms with Crippen molar-refractivity contribution in [2.24, 2.45) is 11.3 Å². The van der Waals surface area contributed by atoms with E-state index in [4.69, 9.17) is 0 Å². The molecule has 1 aliphatic rings. The minimum atomic E-state index is -0.227. The first-order valence-electron chi connectivity index (χ1n) is 7.43. The number of rotatable bonds is 4. The Bertz CT molecular complexity index is 475. The molecule has 0 saturated carbocycles. The van der Waals surface area contributed by atoms with Crippen LogP contribution in [-0.2, 0) is 4.79 Å². The number of amides is 1. The second-order valence-electron chi connectivity index (χ2n) is 6.28. The fraction of sp³-hybridized carbons (Fsp3) is 0.688. The van der Waals surface area contributed by atoms with Gasteiger partial charge < -0.3 is 10.2 Å². The molecule has 1 N–H and O–H groups in total. The Labute approximate surface area is 126 Å². The number of hydrogen-bond acceptors (Lipinski definition) is 3. The van der Waals surface area contributed by atoms with Crippen LogP contribution in [0.2, 0.25) is 0 Å². The van der Waals surface area contributed by atoms with Gasteiger partial charge >= 0.3 is 0 Å². The predicted molar refractivity (Wildman–Crippen MR) is 85.0 cm³/mol. The Morgan fingerprint density at radius 1 is 1.40 bits per heavy atom. The molecule has 0 bridgehead atoms. The maximum atomic E-state index is 13.0. The molecule has 20 heavy (non-hydrogen) atoms. The third-order valence-corrected chi connectivity index (χ3v) is 5.96. The number of hydrogen-bond donors (Lipinski definition) is 1. The molecular weight excluding hydrogens is 268 g/mol. The van der Waals surface area contributed by atoms with Crippen LogP contribution in [0.4, 0.5) is 0 Å². The lowest BCUT2D eigenvalue weighted by atomic mass is 9.75. The molecule has 1 fully saturated rings. The summed E-state index contributed by atoms with van der Waals surface area (Å²) in [6, 6.07) is 4.42. The molecule has 112 valence electrons. The first kappa shape index (κ1) is 15.5. The van der Waals surface area contributed by atoms with Gasteiger partial charge in [-0.15, -0.1) is 11.3 Å². The van der Waals surface area contributed by atoms with Crippen LogP contribution in [0.5, 0.6) is 0 Å². The minimum absolute atomic E-state index is 0.150. The molecule has 2 rings (SSSR count). The fourth-order valence-electron chi connectivity index (χ4n) is 3.03. The Hall–Kier alpha value is -0.870. The van der Waals surface area contributed by atoms with Crippen LogP contribution in [0.15, 0.2) is 12.1 Å². The van der Waals surface area contributed by atoms with Crippen LogP contribution in [0.3, 0.4) is 0 Å². The third-order valence-electron chi connectivity index (χ3n) is 4.79. The lowest BCUT2D eigenvalue weighted by Crippen LogP contribution is -2.47. The Kier molecular flexibility index (Phi) is 4.55. The van der Waals surface area contributed by atoms with Crippen molar-refractivity contribution < 1.29 is 4.79 Å². The summed E-state index contributed by atoms with van der Waals surface area (Å²) in [5, 5.41) is 3.37. The number of nitrogens with one attached hydrogen (secondary N) is 1. The van der Waals surface area contributed by atoms with Crippen molar-refractivity contribution >= 4 is 17.2 Å². The smallest absolute Gasteiger partial charge is 0.230 e. The molecule has 1 aliphatic heterocycles. The molecule has 2 unspecified atom stereocenters. The molecule has 2 heterocycles. The second kappa shape index (κ2) is 5.86. The Morgan fingerprint density at radius 2 is 2.10 bits per heavy atom. The van der Waals surface area contributed by atoms with Crippen molar-refractivity contribution in [3.05, 3.63) is 21.9 Å². The molecule has 3 nitrogen and oxygen atoms in total. The summed E-state index contributed by atoms with van der Waals surface area (Å²) >= 11 is 1.78. The van der Waals surface area contributed by atoms with Crippen molar-refractivity contribution in [3.63, 3.8) is 0 Å². The van der Waals surface area contributed by atoms with Crippen molar-refractivity contribution in [1.29, 1.82) is 0 Å². The van der Waals surface area contributed by atoms with Crippen molar-refractivity contribution in [2.45, 2.75) is 40.2 Å². The van der Waals surface area contributed by atoms with E-state index in [0.29, 0.717) is 5.92 Å². The highest BCUT2D eigenvalue weighted by Crippen LogP contribution is 2.38. The van der Waals surface area contributed by atoms with Gasteiger partial charge in [-0.3, -0.25) is 4.79 Å². The van der Waals surface area contributed by atoms with E-state index in [9.17, 15) is 4.79 Å². The maximum Gasteiger partial charge on any atom is 0.230 e. The number of aryl methyl sites for hydroxylation is 1. The zero-order valence-electron chi connectivity index (χ0n) is 13.2. The van der Waals surface area contributed by atoms with E-state index < -0.39 is 0 Å². The summed E-state index contributed by atoms with van der Waals surface area (Å²) < 4.78 is 0. The van der Waals surface area contributed by atoms with Crippen LogP contribution >= 0.6 is 11.3 Å². The molecule has 1 saturated heterocycles. The van der Waals surface area contributed by atoms with Gasteiger partial charge in [-0.25, -0.2) is 0 Å². The zero-order valence-corrected chi connectivity index (χ0v) is 14.0. The van der Waals surface area contributed by atoms with E-state index >= 15 is 0 Å². The van der Waals surface area contributed by atoms with Gasteiger partial charge in [-0.2, -0.15) is 0 Å². The summed E-state index contributed by atoms with van der Waals surface area (Å²) in [6.07, 6.45) is 0.948. The van der Waals surface area contributed by atoms with Crippen molar-refractivity contribution in [2.75, 3.05) is 20.1 Å². The van der Waals surface area contributed by atoms with Gasteiger partial charge in [0.1, 0.15) is 0 Å². The SMILES string of the molecule is Cc1ccc(C(C)N(C)C(=O)C2(C(C)C)CCNC2)s1. The Balaban J connectivity index is 2.19. The largest absolute Gasteiger partial charge is 0.338 e. The highest BCUT2D eigenvalue weighted by atomic mass is 32.1. The number of thiophene rings is 1. The average molecular weight is 294 g/mol. The number of nitrogens with zero attached hydrogens (tertiary/aromatic N) is 1. The summed E-state index contributed by atoms with van der Waals surface area (Å²) in [6.45, 7) is 10.3. The standard InChI is InChI=1S/C16H26N2OS/c1-11(2)16(8-9-17-10-16)15(19)18(5)13(4)14-7-6-12(3)20-14/h6-7,11,13,17H,8-10H2,1-5H3. The molecule has 0 aromatic carbocycles. The molecule has 0 aliphatic carbocycles. The van der Waals surface area contributed by atoms with Gasteiger partial charge in [0.05, 0.1) is 11.5 Å². The van der Waals surface area contributed by atoms with Gasteiger partial charge in [0.25, 0.3) is 0 Å². The average Bonchev–Trinajstić information content (AvgIpc) is 3.05. The summed E-state index contributed by atoms with van der Waals surface area (Å²) in [7, 11) is 1.95. The van der Waals surface area contributed by atoms with E-state index in [2.05, 4.69) is 45.1 Å². The first-order valence-corrected chi connectivity index (χ1v) is 8.24. The van der Waals surface area contributed by atoms with Gasteiger partial charge in [0, 0.05) is 23.3 Å². The second-order valence-corrected chi connectivity index (χ2v) is 7.60. The van der Waals surface area contributed by atoms with Crippen LogP contribution in [0, 0.1) is 18.3 Å². The first-order chi connectivity index (χ1) is 9.38. The molecule has 1 aromatic rings. The quantitative estimate of drug-likeness (QED) is 0.925. The molecular formula is C16H26N2OS. The van der Waals surface area contributed by atoms with Gasteiger partial charge in [-0.05, 0) is 44.9 Å². The van der Waals surface area contributed by atoms with E-state index in [-0.39, 0.29) is 17.4 Å². The van der Waals surface area contributed by atoms with E-state index in [1.807, 2.05) is 11.9 Å². The van der Waals surface area contributed by atoms with E-state index in [1.54, 1.807) is 11.3 Å². The molecule has 1 amide bonds. The minimum Gasteiger partial charge on any atom is -0.338 e. The summed E-state index contributed by atoms with van der Waals surface area (Å²) in [5.41, 5.74) is -0.227. The van der Waals surface area contributed by atoms with Crippen LogP contribution < -0.4 is 5.32 Å². The zero-order chi connectivity index (χ0) is 14.9. The highest BCUT2D eigenvalue weighted by molar-refractivity contribution is 7.12. The Morgan fingerprint density at radius 3 is 2.55 bits per heavy atom. The fourth-order valence-corrected chi connectivity index (χ4v) is 4.00. The van der Waals surface area contributed by atoms with E-state index in [0.717, 1.165) is 19.5 Å². The summed E-state index contributed by atoms with van der Waals surface area (Å²) in [4.78, 5) is 17.5. The molecule has 0 spiro atoms.